The Morgan fingerprint density at radius 3 is 2.75 bits per heavy atom. The van der Waals surface area contributed by atoms with E-state index in [-0.39, 0.29) is 5.60 Å². The summed E-state index contributed by atoms with van der Waals surface area (Å²) in [4.78, 5) is 2.59. The molecule has 0 N–H and O–H groups in total. The van der Waals surface area contributed by atoms with Gasteiger partial charge in [0, 0.05) is 19.1 Å². The van der Waals surface area contributed by atoms with Crippen LogP contribution in [0.15, 0.2) is 0 Å². The van der Waals surface area contributed by atoms with E-state index >= 15 is 0 Å². The summed E-state index contributed by atoms with van der Waals surface area (Å²) in [5.74, 6) is 0.785. The molecule has 0 aromatic carbocycles. The SMILES string of the molecule is CC(C)CN1C[C@@]2(C)C[C@@H]1CO2. The molecule has 0 saturated carbocycles. The molecule has 70 valence electrons. The van der Waals surface area contributed by atoms with E-state index in [4.69, 9.17) is 4.74 Å². The zero-order valence-corrected chi connectivity index (χ0v) is 8.34. The number of ether oxygens (including phenoxy) is 1. The fraction of sp³-hybridized carbons (Fsp3) is 1.00. The molecule has 0 amide bonds. The van der Waals surface area contributed by atoms with E-state index in [1.807, 2.05) is 0 Å². The van der Waals surface area contributed by atoms with Crippen LogP contribution in [0.4, 0.5) is 0 Å². The number of hydrogen-bond acceptors (Lipinski definition) is 2. The molecule has 0 aromatic heterocycles. The van der Waals surface area contributed by atoms with Crippen molar-refractivity contribution >= 4 is 0 Å². The van der Waals surface area contributed by atoms with Crippen LogP contribution in [0.1, 0.15) is 27.2 Å². The van der Waals surface area contributed by atoms with E-state index in [9.17, 15) is 0 Å². The van der Waals surface area contributed by atoms with Crippen molar-refractivity contribution < 1.29 is 4.74 Å². The smallest absolute Gasteiger partial charge is 0.0797 e. The number of likely N-dealkylation sites (tertiary alicyclic amines) is 1. The molecule has 2 rings (SSSR count). The first-order valence-electron chi connectivity index (χ1n) is 4.97. The van der Waals surface area contributed by atoms with E-state index in [0.29, 0.717) is 0 Å². The van der Waals surface area contributed by atoms with Crippen LogP contribution in [0.3, 0.4) is 0 Å². The second-order valence-electron chi connectivity index (χ2n) is 4.94. The van der Waals surface area contributed by atoms with Crippen LogP contribution >= 0.6 is 0 Å². The molecule has 2 aliphatic heterocycles. The summed E-state index contributed by atoms with van der Waals surface area (Å²) in [6, 6.07) is 0.720. The molecule has 0 spiro atoms. The third kappa shape index (κ3) is 1.38. The molecule has 2 heteroatoms. The maximum atomic E-state index is 5.71. The van der Waals surface area contributed by atoms with Gasteiger partial charge in [-0.3, -0.25) is 4.90 Å². The molecule has 12 heavy (non-hydrogen) atoms. The summed E-state index contributed by atoms with van der Waals surface area (Å²) in [5, 5.41) is 0. The average molecular weight is 169 g/mol. The van der Waals surface area contributed by atoms with Crippen LogP contribution in [0.2, 0.25) is 0 Å². The molecule has 2 fully saturated rings. The fourth-order valence-electron chi connectivity index (χ4n) is 2.50. The maximum absolute atomic E-state index is 5.71. The maximum Gasteiger partial charge on any atom is 0.0797 e. The molecular weight excluding hydrogens is 150 g/mol. The molecular formula is C10H19NO. The minimum atomic E-state index is 0.194. The van der Waals surface area contributed by atoms with E-state index in [2.05, 4.69) is 25.7 Å². The van der Waals surface area contributed by atoms with Crippen molar-refractivity contribution in [2.24, 2.45) is 5.92 Å². The van der Waals surface area contributed by atoms with Crippen LogP contribution in [0, 0.1) is 5.92 Å². The average Bonchev–Trinajstić information content (AvgIpc) is 2.40. The zero-order chi connectivity index (χ0) is 8.77. The Labute approximate surface area is 74.9 Å². The number of hydrogen-bond donors (Lipinski definition) is 0. The van der Waals surface area contributed by atoms with Crippen molar-refractivity contribution in [2.75, 3.05) is 19.7 Å². The van der Waals surface area contributed by atoms with Crippen molar-refractivity contribution in [3.8, 4) is 0 Å². The Morgan fingerprint density at radius 1 is 1.58 bits per heavy atom. The van der Waals surface area contributed by atoms with Crippen LogP contribution in [-0.2, 0) is 4.74 Å². The third-order valence-electron chi connectivity index (χ3n) is 2.95. The minimum absolute atomic E-state index is 0.194. The Bertz CT molecular complexity index is 181. The monoisotopic (exact) mass is 169 g/mol. The molecule has 2 nitrogen and oxygen atoms in total. The van der Waals surface area contributed by atoms with Crippen molar-refractivity contribution in [1.82, 2.24) is 4.90 Å². The van der Waals surface area contributed by atoms with Gasteiger partial charge in [-0.25, -0.2) is 0 Å². The lowest BCUT2D eigenvalue weighted by Gasteiger charge is -2.31. The lowest BCUT2D eigenvalue weighted by molar-refractivity contribution is -0.0352. The highest BCUT2D eigenvalue weighted by atomic mass is 16.5. The minimum Gasteiger partial charge on any atom is -0.372 e. The number of rotatable bonds is 2. The molecule has 2 atom stereocenters. The van der Waals surface area contributed by atoms with Crippen LogP contribution in [0.25, 0.3) is 0 Å². The van der Waals surface area contributed by atoms with Crippen molar-refractivity contribution in [1.29, 1.82) is 0 Å². The van der Waals surface area contributed by atoms with E-state index in [0.717, 1.165) is 25.1 Å². The summed E-state index contributed by atoms with van der Waals surface area (Å²) >= 11 is 0. The van der Waals surface area contributed by atoms with Gasteiger partial charge in [-0.05, 0) is 19.3 Å². The highest BCUT2D eigenvalue weighted by molar-refractivity contribution is 5.00. The molecule has 2 saturated heterocycles. The topological polar surface area (TPSA) is 12.5 Å². The van der Waals surface area contributed by atoms with Gasteiger partial charge in [0.25, 0.3) is 0 Å². The van der Waals surface area contributed by atoms with Gasteiger partial charge in [-0.15, -0.1) is 0 Å². The zero-order valence-electron chi connectivity index (χ0n) is 8.34. The summed E-state index contributed by atoms with van der Waals surface area (Å²) in [5.41, 5.74) is 0.194. The quantitative estimate of drug-likeness (QED) is 0.621. The highest BCUT2D eigenvalue weighted by Crippen LogP contribution is 2.37. The van der Waals surface area contributed by atoms with Gasteiger partial charge in [0.1, 0.15) is 0 Å². The molecule has 0 unspecified atom stereocenters. The summed E-state index contributed by atoms with van der Waals surface area (Å²) in [7, 11) is 0. The summed E-state index contributed by atoms with van der Waals surface area (Å²) in [6.07, 6.45) is 1.25. The largest absolute Gasteiger partial charge is 0.372 e. The first-order valence-corrected chi connectivity index (χ1v) is 4.97. The van der Waals surface area contributed by atoms with Crippen molar-refractivity contribution in [3.05, 3.63) is 0 Å². The molecule has 0 aromatic rings. The number of nitrogens with zero attached hydrogens (tertiary/aromatic N) is 1. The molecule has 0 aliphatic carbocycles. The number of fused-ring (bicyclic) bond motifs is 2. The highest BCUT2D eigenvalue weighted by Gasteiger charge is 2.47. The molecule has 2 aliphatic rings. The van der Waals surface area contributed by atoms with Gasteiger partial charge in [-0.1, -0.05) is 13.8 Å². The van der Waals surface area contributed by atoms with E-state index < -0.39 is 0 Å². The fourth-order valence-corrected chi connectivity index (χ4v) is 2.50. The van der Waals surface area contributed by atoms with Gasteiger partial charge in [0.05, 0.1) is 12.2 Å². The van der Waals surface area contributed by atoms with Gasteiger partial charge < -0.3 is 4.74 Å². The van der Waals surface area contributed by atoms with Crippen molar-refractivity contribution in [3.63, 3.8) is 0 Å². The predicted octanol–water partition coefficient (Wildman–Crippen LogP) is 1.51. The third-order valence-corrected chi connectivity index (χ3v) is 2.95. The lowest BCUT2D eigenvalue weighted by Crippen LogP contribution is -2.42. The molecule has 2 heterocycles. The first-order chi connectivity index (χ1) is 5.59. The van der Waals surface area contributed by atoms with Crippen LogP contribution in [-0.4, -0.2) is 36.2 Å². The van der Waals surface area contributed by atoms with E-state index in [1.54, 1.807) is 0 Å². The standard InChI is InChI=1S/C10H19NO/c1-8(2)5-11-7-10(3)4-9(11)6-12-10/h8-9H,4-7H2,1-3H3/t9-,10-/m1/s1. The predicted molar refractivity (Wildman–Crippen MR) is 49.2 cm³/mol. The normalized spacial score (nSPS) is 41.5. The van der Waals surface area contributed by atoms with Gasteiger partial charge in [0.2, 0.25) is 0 Å². The lowest BCUT2D eigenvalue weighted by atomic mass is 10.1. The molecule has 0 radical (unpaired) electrons. The Morgan fingerprint density at radius 2 is 2.33 bits per heavy atom. The van der Waals surface area contributed by atoms with E-state index in [1.165, 1.54) is 13.0 Å². The Balaban J connectivity index is 1.96. The first kappa shape index (κ1) is 8.52. The second-order valence-corrected chi connectivity index (χ2v) is 4.94. The van der Waals surface area contributed by atoms with Crippen LogP contribution in [0.5, 0.6) is 0 Å². The van der Waals surface area contributed by atoms with Gasteiger partial charge >= 0.3 is 0 Å². The van der Waals surface area contributed by atoms with Crippen molar-refractivity contribution in [2.45, 2.75) is 38.8 Å². The van der Waals surface area contributed by atoms with Gasteiger partial charge in [-0.2, -0.15) is 0 Å². The Kier molecular flexibility index (Phi) is 1.92. The van der Waals surface area contributed by atoms with Gasteiger partial charge in [0.15, 0.2) is 0 Å². The summed E-state index contributed by atoms with van der Waals surface area (Å²) in [6.45, 7) is 10.2. The second kappa shape index (κ2) is 2.71. The molecule has 2 bridgehead atoms. The summed E-state index contributed by atoms with van der Waals surface area (Å²) < 4.78 is 5.71. The Hall–Kier alpha value is -0.0800. The van der Waals surface area contributed by atoms with Crippen LogP contribution < -0.4 is 0 Å². The number of morpholine rings is 1.